The Morgan fingerprint density at radius 3 is 2.54 bits per heavy atom. The maximum atomic E-state index is 12.6. The van der Waals surface area contributed by atoms with Crippen molar-refractivity contribution < 1.29 is 24.2 Å². The Kier molecular flexibility index (Phi) is 5.54. The first-order chi connectivity index (χ1) is 13.4. The molecule has 1 heterocycles. The van der Waals surface area contributed by atoms with Crippen LogP contribution >= 0.6 is 0 Å². The number of H-pyrrole nitrogens is 1. The maximum absolute atomic E-state index is 12.6. The molecule has 0 aliphatic heterocycles. The number of carboxylic acids is 1. The summed E-state index contributed by atoms with van der Waals surface area (Å²) >= 11 is 0. The lowest BCUT2D eigenvalue weighted by Gasteiger charge is -2.18. The van der Waals surface area contributed by atoms with E-state index in [4.69, 9.17) is 9.47 Å². The molecule has 0 aliphatic rings. The van der Waals surface area contributed by atoms with Gasteiger partial charge in [-0.15, -0.1) is 0 Å². The van der Waals surface area contributed by atoms with E-state index in [9.17, 15) is 14.7 Å². The minimum absolute atomic E-state index is 0.332. The van der Waals surface area contributed by atoms with E-state index in [1.54, 1.807) is 63.7 Å². The molecule has 0 fully saturated rings. The van der Waals surface area contributed by atoms with E-state index in [1.807, 2.05) is 6.07 Å². The Balaban J connectivity index is 1.85. The number of methoxy groups -OCH3 is 1. The van der Waals surface area contributed by atoms with Gasteiger partial charge in [0.2, 0.25) is 0 Å². The van der Waals surface area contributed by atoms with Crippen molar-refractivity contribution in [2.24, 2.45) is 5.92 Å². The molecule has 0 spiro atoms. The topological polar surface area (TPSA) is 91.9 Å². The second-order valence-corrected chi connectivity index (χ2v) is 6.56. The van der Waals surface area contributed by atoms with Crippen LogP contribution in [-0.4, -0.2) is 36.3 Å². The first-order valence-corrected chi connectivity index (χ1v) is 8.82. The molecule has 0 bridgehead atoms. The highest BCUT2D eigenvalue weighted by molar-refractivity contribution is 5.94. The van der Waals surface area contributed by atoms with Gasteiger partial charge in [-0.1, -0.05) is 13.0 Å². The quantitative estimate of drug-likeness (QED) is 0.670. The number of amides is 1. The summed E-state index contributed by atoms with van der Waals surface area (Å²) in [5, 5.41) is 9.91. The van der Waals surface area contributed by atoms with Crippen LogP contribution in [0.25, 0.3) is 10.9 Å². The highest BCUT2D eigenvalue weighted by Gasteiger charge is 2.19. The van der Waals surface area contributed by atoms with Crippen molar-refractivity contribution in [1.29, 1.82) is 0 Å². The SMILES string of the molecule is COc1ccc(N(C)C(=O)Oc2cccc3[nH]cc(CC(C)C(=O)O)c23)cc1. The van der Waals surface area contributed by atoms with Gasteiger partial charge in [0.25, 0.3) is 0 Å². The number of fused-ring (bicyclic) bond motifs is 1. The van der Waals surface area contributed by atoms with Crippen LogP contribution in [0.3, 0.4) is 0 Å². The number of anilines is 1. The van der Waals surface area contributed by atoms with Crippen LogP contribution < -0.4 is 14.4 Å². The van der Waals surface area contributed by atoms with Crippen LogP contribution in [0.2, 0.25) is 0 Å². The van der Waals surface area contributed by atoms with Gasteiger partial charge in [-0.25, -0.2) is 4.79 Å². The van der Waals surface area contributed by atoms with E-state index in [1.165, 1.54) is 4.90 Å². The number of carbonyl (C=O) groups excluding carboxylic acids is 1. The van der Waals surface area contributed by atoms with Crippen molar-refractivity contribution in [2.75, 3.05) is 19.1 Å². The lowest BCUT2D eigenvalue weighted by Crippen LogP contribution is -2.29. The number of aromatic nitrogens is 1. The third-order valence-electron chi connectivity index (χ3n) is 4.63. The number of carboxylic acid groups (broad SMARTS) is 1. The molecule has 1 atom stereocenters. The van der Waals surface area contributed by atoms with E-state index in [2.05, 4.69) is 4.98 Å². The molecule has 1 aromatic heterocycles. The van der Waals surface area contributed by atoms with Crippen molar-refractivity contribution in [3.63, 3.8) is 0 Å². The number of nitrogens with zero attached hydrogens (tertiary/aromatic N) is 1. The van der Waals surface area contributed by atoms with Gasteiger partial charge in [0.1, 0.15) is 11.5 Å². The third kappa shape index (κ3) is 3.93. The molecule has 7 nitrogen and oxygen atoms in total. The third-order valence-corrected chi connectivity index (χ3v) is 4.63. The summed E-state index contributed by atoms with van der Waals surface area (Å²) in [6, 6.07) is 12.4. The van der Waals surface area contributed by atoms with Crippen LogP contribution in [-0.2, 0) is 11.2 Å². The number of ether oxygens (including phenoxy) is 2. The number of hydrogen-bond donors (Lipinski definition) is 2. The second-order valence-electron chi connectivity index (χ2n) is 6.56. The molecule has 1 amide bonds. The zero-order valence-electron chi connectivity index (χ0n) is 15.9. The Labute approximate surface area is 162 Å². The van der Waals surface area contributed by atoms with Crippen molar-refractivity contribution >= 4 is 28.7 Å². The minimum atomic E-state index is -0.872. The van der Waals surface area contributed by atoms with Gasteiger partial charge in [-0.05, 0) is 48.4 Å². The first-order valence-electron chi connectivity index (χ1n) is 8.82. The van der Waals surface area contributed by atoms with E-state index in [-0.39, 0.29) is 0 Å². The van der Waals surface area contributed by atoms with Crippen molar-refractivity contribution in [1.82, 2.24) is 4.98 Å². The predicted molar refractivity (Wildman–Crippen MR) is 106 cm³/mol. The summed E-state index contributed by atoms with van der Waals surface area (Å²) in [5.41, 5.74) is 2.23. The molecule has 3 aromatic rings. The molecule has 2 aromatic carbocycles. The molecule has 0 saturated heterocycles. The number of nitrogens with one attached hydrogen (secondary N) is 1. The predicted octanol–water partition coefficient (Wildman–Crippen LogP) is 4.07. The average Bonchev–Trinajstić information content (AvgIpc) is 3.11. The Hall–Kier alpha value is -3.48. The van der Waals surface area contributed by atoms with Gasteiger partial charge in [0, 0.05) is 29.8 Å². The standard InChI is InChI=1S/C21H22N2O5/c1-13(20(24)25)11-14-12-22-17-5-4-6-18(19(14)17)28-21(26)23(2)15-7-9-16(27-3)10-8-15/h4-10,12-13,22H,11H2,1-3H3,(H,24,25). The monoisotopic (exact) mass is 382 g/mol. The van der Waals surface area contributed by atoms with Crippen LogP contribution in [0.15, 0.2) is 48.7 Å². The summed E-state index contributed by atoms with van der Waals surface area (Å²) < 4.78 is 10.8. The van der Waals surface area contributed by atoms with Gasteiger partial charge in [0.15, 0.2) is 0 Å². The van der Waals surface area contributed by atoms with Crippen molar-refractivity contribution in [3.05, 3.63) is 54.2 Å². The molecule has 1 unspecified atom stereocenters. The lowest BCUT2D eigenvalue weighted by atomic mass is 10.0. The molecule has 28 heavy (non-hydrogen) atoms. The fraction of sp³-hybridized carbons (Fsp3) is 0.238. The average molecular weight is 382 g/mol. The fourth-order valence-corrected chi connectivity index (χ4v) is 2.96. The van der Waals surface area contributed by atoms with Gasteiger partial charge >= 0.3 is 12.1 Å². The number of aliphatic carboxylic acids is 1. The highest BCUT2D eigenvalue weighted by atomic mass is 16.6. The molecule has 0 saturated carbocycles. The van der Waals surface area contributed by atoms with Gasteiger partial charge in [-0.3, -0.25) is 9.69 Å². The Bertz CT molecular complexity index is 994. The van der Waals surface area contributed by atoms with Crippen LogP contribution in [0.5, 0.6) is 11.5 Å². The fourth-order valence-electron chi connectivity index (χ4n) is 2.96. The molecular weight excluding hydrogens is 360 g/mol. The summed E-state index contributed by atoms with van der Waals surface area (Å²) in [6.07, 6.45) is 1.54. The summed E-state index contributed by atoms with van der Waals surface area (Å²) in [4.78, 5) is 28.3. The number of rotatable bonds is 6. The highest BCUT2D eigenvalue weighted by Crippen LogP contribution is 2.31. The van der Waals surface area contributed by atoms with Crippen LogP contribution in [0.1, 0.15) is 12.5 Å². The molecule has 0 radical (unpaired) electrons. The molecular formula is C21H22N2O5. The van der Waals surface area contributed by atoms with Gasteiger partial charge in [-0.2, -0.15) is 0 Å². The lowest BCUT2D eigenvalue weighted by molar-refractivity contribution is -0.141. The zero-order chi connectivity index (χ0) is 20.3. The summed E-state index contributed by atoms with van der Waals surface area (Å²) in [5.74, 6) is -0.343. The van der Waals surface area contributed by atoms with Crippen molar-refractivity contribution in [3.8, 4) is 11.5 Å². The number of hydrogen-bond acceptors (Lipinski definition) is 4. The molecule has 7 heteroatoms. The van der Waals surface area contributed by atoms with Crippen LogP contribution in [0, 0.1) is 5.92 Å². The smallest absolute Gasteiger partial charge is 0.419 e. The zero-order valence-corrected chi connectivity index (χ0v) is 15.9. The second kappa shape index (κ2) is 8.04. The van der Waals surface area contributed by atoms with E-state index in [0.717, 1.165) is 11.1 Å². The summed E-state index contributed by atoms with van der Waals surface area (Å²) in [6.45, 7) is 1.65. The van der Waals surface area contributed by atoms with Crippen LogP contribution in [0.4, 0.5) is 10.5 Å². The molecule has 0 aliphatic carbocycles. The maximum Gasteiger partial charge on any atom is 0.419 e. The van der Waals surface area contributed by atoms with E-state index in [0.29, 0.717) is 29.0 Å². The number of carbonyl (C=O) groups is 2. The minimum Gasteiger partial charge on any atom is -0.497 e. The first kappa shape index (κ1) is 19.3. The van der Waals surface area contributed by atoms with E-state index >= 15 is 0 Å². The molecule has 2 N–H and O–H groups in total. The molecule has 146 valence electrons. The Morgan fingerprint density at radius 1 is 1.18 bits per heavy atom. The molecule has 3 rings (SSSR count). The number of aromatic amines is 1. The normalized spacial score (nSPS) is 11.8. The van der Waals surface area contributed by atoms with Crippen molar-refractivity contribution in [2.45, 2.75) is 13.3 Å². The van der Waals surface area contributed by atoms with E-state index < -0.39 is 18.0 Å². The van der Waals surface area contributed by atoms with Gasteiger partial charge in [0.05, 0.1) is 13.0 Å². The Morgan fingerprint density at radius 2 is 1.89 bits per heavy atom. The summed E-state index contributed by atoms with van der Waals surface area (Å²) in [7, 11) is 3.20. The largest absolute Gasteiger partial charge is 0.497 e. The number of benzene rings is 2. The van der Waals surface area contributed by atoms with Gasteiger partial charge < -0.3 is 19.6 Å².